The molecular weight excluding hydrogens is 349 g/mol. The van der Waals surface area contributed by atoms with Crippen molar-refractivity contribution in [1.82, 2.24) is 4.72 Å². The fourth-order valence-electron chi connectivity index (χ4n) is 2.12. The standard InChI is InChI=1S/C15H14ClF3N2OS/c1-23(22)21-8-9-2-4-10(5-3-9)14-12(15(17,18)19)6-11(20)7-13(14)16/h2-7,21H,8,20H2,1H3. The molecule has 0 aromatic heterocycles. The first kappa shape index (κ1) is 17.8. The number of hydrogen-bond donors (Lipinski definition) is 2. The van der Waals surface area contributed by atoms with Crippen molar-refractivity contribution in [2.24, 2.45) is 0 Å². The van der Waals surface area contributed by atoms with Gasteiger partial charge in [0.15, 0.2) is 0 Å². The molecule has 0 aliphatic heterocycles. The summed E-state index contributed by atoms with van der Waals surface area (Å²) in [5, 5.41) is -0.0575. The van der Waals surface area contributed by atoms with E-state index < -0.39 is 22.7 Å². The summed E-state index contributed by atoms with van der Waals surface area (Å²) in [5.41, 5.74) is 5.58. The second-order valence-electron chi connectivity index (χ2n) is 4.90. The molecule has 0 radical (unpaired) electrons. The maximum atomic E-state index is 13.2. The first-order valence-corrected chi connectivity index (χ1v) is 8.44. The van der Waals surface area contributed by atoms with E-state index >= 15 is 0 Å². The van der Waals surface area contributed by atoms with Crippen LogP contribution in [0.15, 0.2) is 36.4 Å². The highest BCUT2D eigenvalue weighted by molar-refractivity contribution is 7.82. The van der Waals surface area contributed by atoms with Gasteiger partial charge >= 0.3 is 6.18 Å². The Bertz CT molecular complexity index is 733. The molecule has 2 aromatic carbocycles. The number of halogens is 4. The van der Waals surface area contributed by atoms with Crippen LogP contribution in [0, 0.1) is 0 Å². The van der Waals surface area contributed by atoms with Crippen LogP contribution in [0.5, 0.6) is 0 Å². The number of nitrogens with two attached hydrogens (primary N) is 1. The third-order valence-corrected chi connectivity index (χ3v) is 3.99. The van der Waals surface area contributed by atoms with Gasteiger partial charge in [0.05, 0.1) is 21.6 Å². The number of nitrogen functional groups attached to an aromatic ring is 1. The smallest absolute Gasteiger partial charge is 0.399 e. The average molecular weight is 363 g/mol. The minimum Gasteiger partial charge on any atom is -0.399 e. The van der Waals surface area contributed by atoms with Crippen LogP contribution in [0.25, 0.3) is 11.1 Å². The molecule has 0 fully saturated rings. The molecule has 0 spiro atoms. The van der Waals surface area contributed by atoms with Crippen LogP contribution in [0.3, 0.4) is 0 Å². The molecule has 0 saturated heterocycles. The van der Waals surface area contributed by atoms with Crippen molar-refractivity contribution in [3.8, 4) is 11.1 Å². The van der Waals surface area contributed by atoms with Crippen molar-refractivity contribution < 1.29 is 17.4 Å². The Labute approximate surface area is 139 Å². The topological polar surface area (TPSA) is 55.1 Å². The fourth-order valence-corrected chi connectivity index (χ4v) is 2.83. The van der Waals surface area contributed by atoms with Crippen LogP contribution in [0.2, 0.25) is 5.02 Å². The van der Waals surface area contributed by atoms with Crippen LogP contribution in [-0.4, -0.2) is 10.5 Å². The van der Waals surface area contributed by atoms with E-state index in [4.69, 9.17) is 17.3 Å². The van der Waals surface area contributed by atoms with Crippen molar-refractivity contribution >= 4 is 28.3 Å². The van der Waals surface area contributed by atoms with Gasteiger partial charge in [-0.1, -0.05) is 35.9 Å². The largest absolute Gasteiger partial charge is 0.417 e. The summed E-state index contributed by atoms with van der Waals surface area (Å²) < 4.78 is 53.4. The zero-order chi connectivity index (χ0) is 17.2. The van der Waals surface area contributed by atoms with E-state index in [0.717, 1.165) is 11.6 Å². The Morgan fingerprint density at radius 2 is 1.83 bits per heavy atom. The van der Waals surface area contributed by atoms with E-state index in [-0.39, 0.29) is 16.3 Å². The van der Waals surface area contributed by atoms with E-state index in [1.165, 1.54) is 12.3 Å². The number of alkyl halides is 3. The molecule has 0 heterocycles. The van der Waals surface area contributed by atoms with Gasteiger partial charge in [-0.15, -0.1) is 0 Å². The minimum atomic E-state index is -4.56. The summed E-state index contributed by atoms with van der Waals surface area (Å²) in [5.74, 6) is 0. The number of benzene rings is 2. The lowest BCUT2D eigenvalue weighted by molar-refractivity contribution is -0.137. The predicted octanol–water partition coefficient (Wildman–Crippen LogP) is 3.99. The van der Waals surface area contributed by atoms with Gasteiger partial charge in [-0.3, -0.25) is 0 Å². The van der Waals surface area contributed by atoms with E-state index in [1.54, 1.807) is 24.3 Å². The molecule has 124 valence electrons. The zero-order valence-electron chi connectivity index (χ0n) is 12.1. The predicted molar refractivity (Wildman–Crippen MR) is 87.2 cm³/mol. The Balaban J connectivity index is 2.44. The van der Waals surface area contributed by atoms with Crippen LogP contribution in [0.4, 0.5) is 18.9 Å². The second-order valence-corrected chi connectivity index (χ2v) is 6.50. The molecule has 0 amide bonds. The molecular formula is C15H14ClF3N2OS. The van der Waals surface area contributed by atoms with Crippen molar-refractivity contribution in [1.29, 1.82) is 0 Å². The highest BCUT2D eigenvalue weighted by Crippen LogP contribution is 2.42. The molecule has 0 aliphatic rings. The molecule has 0 saturated carbocycles. The summed E-state index contributed by atoms with van der Waals surface area (Å²) in [6, 6.07) is 8.56. The first-order valence-electron chi connectivity index (χ1n) is 6.51. The Kier molecular flexibility index (Phi) is 5.33. The summed E-state index contributed by atoms with van der Waals surface area (Å²) in [7, 11) is -1.16. The summed E-state index contributed by atoms with van der Waals surface area (Å²) >= 11 is 5.99. The maximum Gasteiger partial charge on any atom is 0.417 e. The van der Waals surface area contributed by atoms with Crippen LogP contribution >= 0.6 is 11.6 Å². The van der Waals surface area contributed by atoms with Crippen LogP contribution in [-0.2, 0) is 23.7 Å². The number of nitrogens with one attached hydrogen (secondary N) is 1. The lowest BCUT2D eigenvalue weighted by Crippen LogP contribution is -2.14. The van der Waals surface area contributed by atoms with Gasteiger partial charge in [-0.05, 0) is 23.3 Å². The molecule has 2 aromatic rings. The molecule has 0 bridgehead atoms. The van der Waals surface area contributed by atoms with E-state index in [2.05, 4.69) is 4.72 Å². The van der Waals surface area contributed by atoms with Gasteiger partial charge < -0.3 is 5.73 Å². The first-order chi connectivity index (χ1) is 10.7. The van der Waals surface area contributed by atoms with Crippen molar-refractivity contribution in [2.75, 3.05) is 12.0 Å². The third-order valence-electron chi connectivity index (χ3n) is 3.14. The monoisotopic (exact) mass is 362 g/mol. The molecule has 23 heavy (non-hydrogen) atoms. The van der Waals surface area contributed by atoms with Gasteiger partial charge in [-0.25, -0.2) is 8.93 Å². The summed E-state index contributed by atoms with van der Waals surface area (Å²) in [6.07, 6.45) is -3.06. The Hall–Kier alpha value is -1.57. The van der Waals surface area contributed by atoms with Crippen molar-refractivity contribution in [3.63, 3.8) is 0 Å². The Morgan fingerprint density at radius 1 is 1.22 bits per heavy atom. The SMILES string of the molecule is CS(=O)NCc1ccc(-c2c(Cl)cc(N)cc2C(F)(F)F)cc1. The van der Waals surface area contributed by atoms with E-state index in [1.807, 2.05) is 0 Å². The lowest BCUT2D eigenvalue weighted by Gasteiger charge is -2.16. The third kappa shape index (κ3) is 4.46. The molecule has 8 heteroatoms. The number of anilines is 1. The quantitative estimate of drug-likeness (QED) is 0.808. The van der Waals surface area contributed by atoms with E-state index in [0.29, 0.717) is 12.1 Å². The van der Waals surface area contributed by atoms with Gasteiger partial charge in [0.25, 0.3) is 0 Å². The zero-order valence-corrected chi connectivity index (χ0v) is 13.6. The molecule has 0 aliphatic carbocycles. The average Bonchev–Trinajstić information content (AvgIpc) is 2.44. The maximum absolute atomic E-state index is 13.2. The molecule has 1 atom stereocenters. The highest BCUT2D eigenvalue weighted by atomic mass is 35.5. The number of rotatable bonds is 4. The lowest BCUT2D eigenvalue weighted by atomic mass is 9.97. The van der Waals surface area contributed by atoms with Gasteiger partial charge in [0, 0.05) is 24.1 Å². The second kappa shape index (κ2) is 6.90. The van der Waals surface area contributed by atoms with Crippen molar-refractivity contribution in [3.05, 3.63) is 52.5 Å². The van der Waals surface area contributed by atoms with Crippen molar-refractivity contribution in [2.45, 2.75) is 12.7 Å². The fraction of sp³-hybridized carbons (Fsp3) is 0.200. The molecule has 2 rings (SSSR count). The van der Waals surface area contributed by atoms with Gasteiger partial charge in [0.2, 0.25) is 0 Å². The summed E-state index contributed by atoms with van der Waals surface area (Å²) in [6.45, 7) is 0.352. The minimum absolute atomic E-state index is 0.0441. The summed E-state index contributed by atoms with van der Waals surface area (Å²) in [4.78, 5) is 0. The van der Waals surface area contributed by atoms with E-state index in [9.17, 15) is 17.4 Å². The molecule has 3 nitrogen and oxygen atoms in total. The van der Waals surface area contributed by atoms with Crippen LogP contribution in [0.1, 0.15) is 11.1 Å². The van der Waals surface area contributed by atoms with Crippen LogP contribution < -0.4 is 10.5 Å². The highest BCUT2D eigenvalue weighted by Gasteiger charge is 2.35. The number of hydrogen-bond acceptors (Lipinski definition) is 2. The van der Waals surface area contributed by atoms with Gasteiger partial charge in [-0.2, -0.15) is 13.2 Å². The molecule has 3 N–H and O–H groups in total. The van der Waals surface area contributed by atoms with Gasteiger partial charge in [0.1, 0.15) is 0 Å². The Morgan fingerprint density at radius 3 is 2.35 bits per heavy atom. The molecule has 1 unspecified atom stereocenters. The normalized spacial score (nSPS) is 13.1.